The van der Waals surface area contributed by atoms with E-state index in [9.17, 15) is 23.1 Å². The first-order valence-electron chi connectivity index (χ1n) is 14.0. The first-order chi connectivity index (χ1) is 19.3. The van der Waals surface area contributed by atoms with Crippen LogP contribution in [0.1, 0.15) is 49.4 Å². The van der Waals surface area contributed by atoms with Crippen molar-refractivity contribution < 1.29 is 23.1 Å². The predicted molar refractivity (Wildman–Crippen MR) is 154 cm³/mol. The number of aliphatic hydroxyl groups is 1. The number of hydrogen-bond acceptors (Lipinski definition) is 5. The molecular formula is C32H39F3N4O2. The molecule has 1 aromatic heterocycles. The molecule has 0 saturated carbocycles. The number of carbonyl (C=O) groups is 1. The van der Waals surface area contributed by atoms with Crippen LogP contribution in [0.15, 0.2) is 67.0 Å². The van der Waals surface area contributed by atoms with Gasteiger partial charge >= 0.3 is 6.18 Å². The summed E-state index contributed by atoms with van der Waals surface area (Å²) >= 11 is 0. The van der Waals surface area contributed by atoms with Gasteiger partial charge in [-0.05, 0) is 73.2 Å². The van der Waals surface area contributed by atoms with Crippen molar-refractivity contribution in [1.82, 2.24) is 20.1 Å². The Bertz CT molecular complexity index is 1310. The summed E-state index contributed by atoms with van der Waals surface area (Å²) in [5, 5.41) is 13.0. The van der Waals surface area contributed by atoms with Gasteiger partial charge < -0.3 is 10.4 Å². The fourth-order valence-electron chi connectivity index (χ4n) is 5.36. The van der Waals surface area contributed by atoms with E-state index in [-0.39, 0.29) is 23.6 Å². The maximum absolute atomic E-state index is 13.2. The number of pyridine rings is 1. The largest absolute Gasteiger partial charge is 0.421 e. The number of alkyl halides is 3. The van der Waals surface area contributed by atoms with Crippen LogP contribution < -0.4 is 5.32 Å². The first kappa shape index (κ1) is 30.7. The molecule has 2 unspecified atom stereocenters. The van der Waals surface area contributed by atoms with Crippen LogP contribution in [-0.4, -0.2) is 63.7 Å². The number of benzene rings is 2. The molecule has 2 N–H and O–H groups in total. The quantitative estimate of drug-likeness (QED) is 0.361. The Morgan fingerprint density at radius 1 is 1.02 bits per heavy atom. The van der Waals surface area contributed by atoms with Gasteiger partial charge in [0.05, 0.1) is 0 Å². The van der Waals surface area contributed by atoms with Crippen LogP contribution in [0.3, 0.4) is 0 Å². The van der Waals surface area contributed by atoms with Gasteiger partial charge in [-0.25, -0.2) is 0 Å². The molecule has 0 bridgehead atoms. The molecule has 2 atom stereocenters. The molecule has 1 aliphatic rings. The van der Waals surface area contributed by atoms with Crippen molar-refractivity contribution in [2.45, 2.75) is 71.1 Å². The number of nitrogens with zero attached hydrogens (tertiary/aromatic N) is 3. The van der Waals surface area contributed by atoms with E-state index in [0.717, 1.165) is 61.9 Å². The third-order valence-corrected chi connectivity index (χ3v) is 7.70. The Balaban J connectivity index is 1.45. The van der Waals surface area contributed by atoms with Gasteiger partial charge in [-0.1, -0.05) is 42.5 Å². The maximum atomic E-state index is 13.2. The molecule has 220 valence electrons. The lowest BCUT2D eigenvalue weighted by Crippen LogP contribution is -2.53. The van der Waals surface area contributed by atoms with Gasteiger partial charge in [0, 0.05) is 63.6 Å². The van der Waals surface area contributed by atoms with Crippen LogP contribution in [0.4, 0.5) is 13.2 Å². The summed E-state index contributed by atoms with van der Waals surface area (Å²) in [7, 11) is 0. The second-order valence-corrected chi connectivity index (χ2v) is 11.4. The fourth-order valence-corrected chi connectivity index (χ4v) is 5.36. The molecule has 0 spiro atoms. The zero-order valence-corrected chi connectivity index (χ0v) is 24.1. The average Bonchev–Trinajstić information content (AvgIpc) is 2.90. The smallest absolute Gasteiger partial charge is 0.376 e. The van der Waals surface area contributed by atoms with Crippen LogP contribution in [0.2, 0.25) is 0 Å². The van der Waals surface area contributed by atoms with Crippen molar-refractivity contribution >= 4 is 5.91 Å². The topological polar surface area (TPSA) is 68.7 Å². The highest BCUT2D eigenvalue weighted by Crippen LogP contribution is 2.39. The fraction of sp³-hybridized carbons (Fsp3) is 0.438. The van der Waals surface area contributed by atoms with Gasteiger partial charge in [0.1, 0.15) is 0 Å². The van der Waals surface area contributed by atoms with Crippen LogP contribution in [0.25, 0.3) is 11.1 Å². The second kappa shape index (κ2) is 12.7. The summed E-state index contributed by atoms with van der Waals surface area (Å²) in [6.07, 6.45) is -0.750. The molecule has 41 heavy (non-hydrogen) atoms. The second-order valence-electron chi connectivity index (χ2n) is 11.4. The number of nitrogens with one attached hydrogen (secondary N) is 1. The van der Waals surface area contributed by atoms with Gasteiger partial charge in [-0.15, -0.1) is 0 Å². The molecule has 1 fully saturated rings. The van der Waals surface area contributed by atoms with E-state index in [1.54, 1.807) is 24.5 Å². The zero-order valence-electron chi connectivity index (χ0n) is 24.1. The zero-order chi connectivity index (χ0) is 29.8. The van der Waals surface area contributed by atoms with E-state index < -0.39 is 11.8 Å². The Morgan fingerprint density at radius 2 is 1.71 bits per heavy atom. The summed E-state index contributed by atoms with van der Waals surface area (Å²) in [5.74, 6) is 0.0505. The molecule has 1 saturated heterocycles. The minimum atomic E-state index is -4.76. The van der Waals surface area contributed by atoms with Crippen molar-refractivity contribution in [2.75, 3.05) is 19.6 Å². The summed E-state index contributed by atoms with van der Waals surface area (Å²) < 4.78 is 39.7. The minimum Gasteiger partial charge on any atom is -0.376 e. The number of carbonyl (C=O) groups excluding carboxylic acids is 1. The summed E-state index contributed by atoms with van der Waals surface area (Å²) in [4.78, 5) is 21.5. The number of aryl methyl sites for hydroxylation is 1. The van der Waals surface area contributed by atoms with Gasteiger partial charge in [0.2, 0.25) is 5.91 Å². The van der Waals surface area contributed by atoms with Gasteiger partial charge in [-0.2, -0.15) is 13.2 Å². The van der Waals surface area contributed by atoms with E-state index in [4.69, 9.17) is 0 Å². The van der Waals surface area contributed by atoms with Crippen molar-refractivity contribution in [3.8, 4) is 11.1 Å². The van der Waals surface area contributed by atoms with E-state index in [1.165, 1.54) is 17.7 Å². The molecular weight excluding hydrogens is 529 g/mol. The molecule has 2 heterocycles. The van der Waals surface area contributed by atoms with Crippen molar-refractivity contribution in [3.63, 3.8) is 0 Å². The van der Waals surface area contributed by atoms with E-state index >= 15 is 0 Å². The predicted octanol–water partition coefficient (Wildman–Crippen LogP) is 5.43. The molecule has 1 amide bonds. The van der Waals surface area contributed by atoms with E-state index in [0.29, 0.717) is 6.42 Å². The first-order valence-corrected chi connectivity index (χ1v) is 14.0. The highest BCUT2D eigenvalue weighted by atomic mass is 19.4. The van der Waals surface area contributed by atoms with Crippen LogP contribution in [0.5, 0.6) is 0 Å². The minimum absolute atomic E-state index is 0.0505. The number of aromatic nitrogens is 1. The molecule has 9 heteroatoms. The Labute approximate surface area is 240 Å². The SMILES string of the molecule is Cc1cc(CN2CCN(Cc3ccncc3)C(CC(=O)NC(C)C)C2)ccc1-c1ccc(C(C)(O)C(F)(F)F)cc1. The van der Waals surface area contributed by atoms with E-state index in [1.807, 2.05) is 45.0 Å². The van der Waals surface area contributed by atoms with Gasteiger partial charge in [-0.3, -0.25) is 19.6 Å². The molecule has 4 rings (SSSR count). The number of amides is 1. The maximum Gasteiger partial charge on any atom is 0.421 e. The average molecular weight is 569 g/mol. The third-order valence-electron chi connectivity index (χ3n) is 7.70. The van der Waals surface area contributed by atoms with Gasteiger partial charge in [0.15, 0.2) is 5.60 Å². The van der Waals surface area contributed by atoms with Crippen LogP contribution in [0, 0.1) is 6.92 Å². The van der Waals surface area contributed by atoms with Crippen LogP contribution >= 0.6 is 0 Å². The van der Waals surface area contributed by atoms with E-state index in [2.05, 4.69) is 26.2 Å². The number of rotatable bonds is 9. The van der Waals surface area contributed by atoms with Crippen molar-refractivity contribution in [3.05, 3.63) is 89.2 Å². The molecule has 3 aromatic rings. The Morgan fingerprint density at radius 3 is 2.32 bits per heavy atom. The number of hydrogen-bond donors (Lipinski definition) is 2. The normalized spacial score (nSPS) is 18.3. The molecule has 1 aliphatic heterocycles. The molecule has 2 aromatic carbocycles. The number of halogens is 3. The highest BCUT2D eigenvalue weighted by Gasteiger charge is 2.51. The number of piperazine rings is 1. The summed E-state index contributed by atoms with van der Waals surface area (Å²) in [6.45, 7) is 10.7. The molecule has 6 nitrogen and oxygen atoms in total. The summed E-state index contributed by atoms with van der Waals surface area (Å²) in [6, 6.07) is 16.2. The standard InChI is InChI=1S/C32H39F3N4O2/c1-22(2)37-30(40)18-28-21-38(15-16-39(28)20-24-11-13-36-14-12-24)19-25-5-10-29(23(3)17-25)26-6-8-27(9-7-26)31(4,41)32(33,34)35/h5-14,17,22,28,41H,15-16,18-21H2,1-4H3,(H,37,40). The third kappa shape index (κ3) is 7.72. The van der Waals surface area contributed by atoms with Crippen molar-refractivity contribution in [2.24, 2.45) is 0 Å². The molecule has 0 radical (unpaired) electrons. The Hall–Kier alpha value is -3.27. The summed E-state index contributed by atoms with van der Waals surface area (Å²) in [5.41, 5.74) is 1.94. The lowest BCUT2D eigenvalue weighted by molar-refractivity contribution is -0.258. The molecule has 0 aliphatic carbocycles. The van der Waals surface area contributed by atoms with Crippen molar-refractivity contribution in [1.29, 1.82) is 0 Å². The lowest BCUT2D eigenvalue weighted by atomic mass is 9.92. The highest BCUT2D eigenvalue weighted by molar-refractivity contribution is 5.76. The lowest BCUT2D eigenvalue weighted by Gasteiger charge is -2.41. The Kier molecular flexibility index (Phi) is 9.51. The monoisotopic (exact) mass is 568 g/mol. The van der Waals surface area contributed by atoms with Crippen LogP contribution in [-0.2, 0) is 23.5 Å². The van der Waals surface area contributed by atoms with Gasteiger partial charge in [0.25, 0.3) is 0 Å².